The van der Waals surface area contributed by atoms with Crippen molar-refractivity contribution in [3.63, 3.8) is 0 Å². The number of nitrogens with one attached hydrogen (secondary N) is 2. The number of hydrogen-bond donors (Lipinski definition) is 4. The van der Waals surface area contributed by atoms with Gasteiger partial charge in [-0.3, -0.25) is 14.5 Å². The van der Waals surface area contributed by atoms with Crippen molar-refractivity contribution in [3.8, 4) is 5.75 Å². The summed E-state index contributed by atoms with van der Waals surface area (Å²) < 4.78 is 27.7. The first-order valence-electron chi connectivity index (χ1n) is 19.0. The number of likely N-dealkylation sites (N-methyl/N-ethyl adjacent to an activating group) is 1. The van der Waals surface area contributed by atoms with E-state index in [1.165, 1.54) is 17.7 Å². The number of carbonyl (C=O) groups excluding carboxylic acids is 1. The van der Waals surface area contributed by atoms with Crippen LogP contribution in [0.5, 0.6) is 5.75 Å². The van der Waals surface area contributed by atoms with Gasteiger partial charge in [0.1, 0.15) is 17.4 Å². The van der Waals surface area contributed by atoms with Crippen LogP contribution in [0.25, 0.3) is 10.9 Å². The number of hydrogen-bond acceptors (Lipinski definition) is 10. The van der Waals surface area contributed by atoms with Gasteiger partial charge in [0.15, 0.2) is 0 Å². The van der Waals surface area contributed by atoms with E-state index in [9.17, 15) is 19.8 Å². The normalized spacial score (nSPS) is 16.6. The number of piperidine rings is 1. The van der Waals surface area contributed by atoms with Gasteiger partial charge >= 0.3 is 0 Å². The summed E-state index contributed by atoms with van der Waals surface area (Å²) in [6, 6.07) is 15.8. The van der Waals surface area contributed by atoms with Gasteiger partial charge in [-0.25, -0.2) is 9.37 Å². The first-order valence-corrected chi connectivity index (χ1v) is 19.0. The number of aliphatic hydroxyl groups excluding tert-OH is 1. The molecule has 0 bridgehead atoms. The molecule has 1 unspecified atom stereocenters. The molecule has 2 aromatic carbocycles. The largest absolute Gasteiger partial charge is 0.506 e. The average molecular weight is 745 g/mol. The van der Waals surface area contributed by atoms with E-state index >= 15 is 4.39 Å². The summed E-state index contributed by atoms with van der Waals surface area (Å²) in [5.41, 5.74) is 2.88. The minimum Gasteiger partial charge on any atom is -0.506 e. The van der Waals surface area contributed by atoms with Crippen LogP contribution in [0.4, 0.5) is 10.2 Å². The van der Waals surface area contributed by atoms with Gasteiger partial charge in [-0.05, 0) is 66.6 Å². The summed E-state index contributed by atoms with van der Waals surface area (Å²) in [5, 5.41) is 24.5. The van der Waals surface area contributed by atoms with Gasteiger partial charge in [0.05, 0.1) is 43.5 Å². The summed E-state index contributed by atoms with van der Waals surface area (Å²) in [6.07, 6.45) is 4.40. The van der Waals surface area contributed by atoms with E-state index in [4.69, 9.17) is 9.47 Å². The highest BCUT2D eigenvalue weighted by atomic mass is 19.1. The summed E-state index contributed by atoms with van der Waals surface area (Å²) in [5.74, 6) is 0.689. The number of aromatic amines is 1. The van der Waals surface area contributed by atoms with Crippen LogP contribution >= 0.6 is 0 Å². The number of benzene rings is 2. The third-order valence-electron chi connectivity index (χ3n) is 10.7. The predicted molar refractivity (Wildman–Crippen MR) is 206 cm³/mol. The van der Waals surface area contributed by atoms with Gasteiger partial charge in [-0.15, -0.1) is 0 Å². The van der Waals surface area contributed by atoms with E-state index in [1.807, 2.05) is 18.3 Å². The van der Waals surface area contributed by atoms with Crippen LogP contribution in [0.2, 0.25) is 0 Å². The number of amides is 1. The molecule has 4 aromatic rings. The maximum absolute atomic E-state index is 15.6. The van der Waals surface area contributed by atoms with Crippen LogP contribution in [-0.2, 0) is 33.7 Å². The Morgan fingerprint density at radius 3 is 2.76 bits per heavy atom. The van der Waals surface area contributed by atoms with E-state index in [-0.39, 0.29) is 53.7 Å². The number of nitrogens with zero attached hydrogens (tertiary/aromatic N) is 4. The fourth-order valence-corrected chi connectivity index (χ4v) is 7.41. The van der Waals surface area contributed by atoms with Crippen LogP contribution in [0.3, 0.4) is 0 Å². The van der Waals surface area contributed by atoms with Crippen LogP contribution in [-0.4, -0.2) is 114 Å². The molecule has 4 N–H and O–H groups in total. The van der Waals surface area contributed by atoms with Crippen LogP contribution < -0.4 is 15.8 Å². The minimum absolute atomic E-state index is 0.0652. The number of phenolic OH excluding ortho intramolecular Hbond substituents is 1. The van der Waals surface area contributed by atoms with Gasteiger partial charge in [0, 0.05) is 82.6 Å². The summed E-state index contributed by atoms with van der Waals surface area (Å²) >= 11 is 0. The molecule has 1 amide bonds. The lowest BCUT2D eigenvalue weighted by Crippen LogP contribution is -2.57. The Labute approximate surface area is 315 Å². The number of H-pyrrole nitrogens is 1. The van der Waals surface area contributed by atoms with Crippen molar-refractivity contribution in [1.82, 2.24) is 25.1 Å². The lowest BCUT2D eigenvalue weighted by Gasteiger charge is -2.47. The molecule has 2 saturated heterocycles. The molecule has 6 rings (SSSR count). The molecule has 12 nitrogen and oxygen atoms in total. The number of carbonyl (C=O) groups is 1. The lowest BCUT2D eigenvalue weighted by atomic mass is 9.89. The average Bonchev–Trinajstić information content (AvgIpc) is 3.18. The number of likely N-dealkylation sites (tertiary alicyclic amines) is 1. The van der Waals surface area contributed by atoms with E-state index in [1.54, 1.807) is 30.1 Å². The van der Waals surface area contributed by atoms with Crippen LogP contribution in [0, 0.1) is 5.82 Å². The summed E-state index contributed by atoms with van der Waals surface area (Å²) in [4.78, 5) is 37.8. The fourth-order valence-electron chi connectivity index (χ4n) is 7.41. The van der Waals surface area contributed by atoms with Gasteiger partial charge in [-0.2, -0.15) is 0 Å². The Balaban J connectivity index is 0.874. The zero-order valence-corrected chi connectivity index (χ0v) is 31.4. The van der Waals surface area contributed by atoms with Crippen molar-refractivity contribution in [2.75, 3.05) is 77.6 Å². The highest BCUT2D eigenvalue weighted by Gasteiger charge is 2.40. The number of morpholine rings is 1. The molecule has 0 radical (unpaired) electrons. The number of pyridine rings is 2. The first kappa shape index (κ1) is 39.3. The van der Waals surface area contributed by atoms with E-state index in [0.717, 1.165) is 51.3 Å². The Morgan fingerprint density at radius 1 is 1.13 bits per heavy atom. The lowest BCUT2D eigenvalue weighted by molar-refractivity contribution is -0.131. The molecule has 54 heavy (non-hydrogen) atoms. The van der Waals surface area contributed by atoms with Crippen molar-refractivity contribution in [2.24, 2.45) is 0 Å². The zero-order chi connectivity index (χ0) is 38.1. The number of phenols is 1. The number of fused-ring (bicyclic) bond motifs is 1. The third kappa shape index (κ3) is 9.82. The second-order valence-corrected chi connectivity index (χ2v) is 14.4. The molecule has 13 heteroatoms. The number of aryl methyl sites for hydroxylation is 1. The van der Waals surface area contributed by atoms with Crippen molar-refractivity contribution >= 4 is 22.6 Å². The summed E-state index contributed by atoms with van der Waals surface area (Å²) in [7, 11) is 1.72. The fraction of sp³-hybridized carbons (Fsp3) is 0.488. The van der Waals surface area contributed by atoms with Crippen molar-refractivity contribution in [3.05, 3.63) is 99.2 Å². The molecule has 2 aromatic heterocycles. The molecular weight excluding hydrogens is 691 g/mol. The maximum atomic E-state index is 15.6. The number of aromatic nitrogens is 2. The maximum Gasteiger partial charge on any atom is 0.248 e. The van der Waals surface area contributed by atoms with Crippen LogP contribution in [0.1, 0.15) is 54.5 Å². The highest BCUT2D eigenvalue weighted by Crippen LogP contribution is 2.33. The molecule has 0 saturated carbocycles. The van der Waals surface area contributed by atoms with Gasteiger partial charge in [0.2, 0.25) is 11.5 Å². The Kier molecular flexibility index (Phi) is 13.3. The number of rotatable bonds is 16. The molecule has 2 fully saturated rings. The van der Waals surface area contributed by atoms with E-state index in [2.05, 4.69) is 44.1 Å². The van der Waals surface area contributed by atoms with Gasteiger partial charge in [0.25, 0.3) is 0 Å². The van der Waals surface area contributed by atoms with Crippen LogP contribution in [0.15, 0.2) is 65.6 Å². The van der Waals surface area contributed by atoms with E-state index in [0.29, 0.717) is 61.3 Å². The quantitative estimate of drug-likeness (QED) is 0.125. The zero-order valence-electron chi connectivity index (χ0n) is 31.4. The standard InChI is InChI=1S/C41H53FN6O6/c1-3-29-11-16-44-36(25-29)48-21-24-54-41(28-48)14-18-47(19-15-41)27-31-6-4-5-30(39(31)42)12-22-53-23-13-38(52)46(2)20-17-43-26-35(50)32-7-9-34(49)40-33(32)8-10-37(51)45-40/h4-11,16,25,35,43,49-50H,3,12-15,17-24,26-28H2,1-2H3,(H,45,51). The molecule has 290 valence electrons. The number of anilines is 1. The molecular formula is C41H53FN6O6. The number of ether oxygens (including phenoxy) is 2. The topological polar surface area (TPSA) is 143 Å². The van der Waals surface area contributed by atoms with Gasteiger partial charge in [-0.1, -0.05) is 31.2 Å². The number of aromatic hydroxyl groups is 1. The molecule has 1 spiro atoms. The molecule has 2 aliphatic heterocycles. The van der Waals surface area contributed by atoms with Crippen molar-refractivity contribution < 1.29 is 28.9 Å². The molecule has 2 aliphatic rings. The molecule has 4 heterocycles. The van der Waals surface area contributed by atoms with E-state index < -0.39 is 6.10 Å². The predicted octanol–water partition coefficient (Wildman–Crippen LogP) is 3.93. The molecule has 0 aliphatic carbocycles. The first-order chi connectivity index (χ1) is 26.1. The minimum atomic E-state index is -0.882. The number of halogens is 1. The summed E-state index contributed by atoms with van der Waals surface area (Å²) in [6.45, 7) is 8.38. The second kappa shape index (κ2) is 18.3. The SMILES string of the molecule is CCc1ccnc(N2CCOC3(CCN(Cc4cccc(CCOCCC(=O)N(C)CCNCC(O)c5ccc(O)c6[nH]c(=O)ccc56)c4F)CC3)C2)c1. The Hall–Kier alpha value is -4.40. The smallest absolute Gasteiger partial charge is 0.248 e. The second-order valence-electron chi connectivity index (χ2n) is 14.4. The van der Waals surface area contributed by atoms with Gasteiger partial charge < -0.3 is 39.8 Å². The molecule has 1 atom stereocenters. The van der Waals surface area contributed by atoms with Crippen molar-refractivity contribution in [1.29, 1.82) is 0 Å². The number of aliphatic hydroxyl groups is 1. The van der Waals surface area contributed by atoms with Crippen molar-refractivity contribution in [2.45, 2.75) is 57.3 Å². The monoisotopic (exact) mass is 744 g/mol. The third-order valence-corrected chi connectivity index (χ3v) is 10.7. The highest BCUT2D eigenvalue weighted by molar-refractivity contribution is 5.87. The Bertz CT molecular complexity index is 1930. The Morgan fingerprint density at radius 2 is 1.94 bits per heavy atom.